The van der Waals surface area contributed by atoms with Crippen LogP contribution in [0.1, 0.15) is 6.42 Å². The van der Waals surface area contributed by atoms with E-state index in [2.05, 4.69) is 15.5 Å². The van der Waals surface area contributed by atoms with Crippen molar-refractivity contribution in [3.63, 3.8) is 0 Å². The molecule has 5 nitrogen and oxygen atoms in total. The average molecular weight is 245 g/mol. The second-order valence-corrected chi connectivity index (χ2v) is 3.82. The van der Waals surface area contributed by atoms with Gasteiger partial charge in [0.15, 0.2) is 5.82 Å². The maximum atomic E-state index is 11.5. The van der Waals surface area contributed by atoms with E-state index in [0.717, 1.165) is 11.3 Å². The highest BCUT2D eigenvalue weighted by Crippen LogP contribution is 2.18. The Labute approximate surface area is 105 Å². The van der Waals surface area contributed by atoms with Crippen LogP contribution in [-0.4, -0.2) is 29.8 Å². The van der Waals surface area contributed by atoms with Crippen molar-refractivity contribution in [1.82, 2.24) is 10.2 Å². The average Bonchev–Trinajstić information content (AvgIpc) is 2.86. The van der Waals surface area contributed by atoms with Gasteiger partial charge in [-0.25, -0.2) is 0 Å². The lowest BCUT2D eigenvalue weighted by Gasteiger charge is -1.99. The molecule has 18 heavy (non-hydrogen) atoms. The quantitative estimate of drug-likeness (QED) is 0.847. The number of nitrogens with one attached hydrogen (secondary N) is 2. The molecule has 0 aliphatic heterocycles. The first-order chi connectivity index (χ1) is 8.79. The molecule has 0 saturated carbocycles. The molecule has 0 spiro atoms. The number of ether oxygens (including phenoxy) is 1. The van der Waals surface area contributed by atoms with Crippen molar-refractivity contribution < 1.29 is 9.53 Å². The molecule has 1 amide bonds. The lowest BCUT2D eigenvalue weighted by atomic mass is 10.2. The van der Waals surface area contributed by atoms with Gasteiger partial charge in [0, 0.05) is 13.2 Å². The van der Waals surface area contributed by atoms with Crippen molar-refractivity contribution in [3.8, 4) is 11.3 Å². The number of benzene rings is 1. The van der Waals surface area contributed by atoms with E-state index in [9.17, 15) is 4.79 Å². The summed E-state index contributed by atoms with van der Waals surface area (Å²) in [7, 11) is 1.56. The van der Waals surface area contributed by atoms with E-state index < -0.39 is 0 Å². The highest BCUT2D eigenvalue weighted by Gasteiger charge is 2.06. The van der Waals surface area contributed by atoms with E-state index in [4.69, 9.17) is 4.74 Å². The van der Waals surface area contributed by atoms with Crippen LogP contribution >= 0.6 is 0 Å². The summed E-state index contributed by atoms with van der Waals surface area (Å²) >= 11 is 0. The minimum atomic E-state index is -0.108. The Bertz CT molecular complexity index is 508. The molecule has 0 aliphatic carbocycles. The number of amides is 1. The second kappa shape index (κ2) is 5.97. The highest BCUT2D eigenvalue weighted by atomic mass is 16.5. The monoisotopic (exact) mass is 245 g/mol. The topological polar surface area (TPSA) is 67.0 Å². The Kier molecular flexibility index (Phi) is 4.09. The molecule has 94 valence electrons. The number of hydrogen-bond acceptors (Lipinski definition) is 3. The van der Waals surface area contributed by atoms with E-state index >= 15 is 0 Å². The van der Waals surface area contributed by atoms with E-state index in [-0.39, 0.29) is 5.91 Å². The van der Waals surface area contributed by atoms with Crippen LogP contribution in [0.15, 0.2) is 36.4 Å². The Morgan fingerprint density at radius 3 is 2.89 bits per heavy atom. The predicted molar refractivity (Wildman–Crippen MR) is 69.1 cm³/mol. The summed E-state index contributed by atoms with van der Waals surface area (Å²) in [4.78, 5) is 11.5. The van der Waals surface area contributed by atoms with Gasteiger partial charge >= 0.3 is 0 Å². The van der Waals surface area contributed by atoms with Crippen LogP contribution in [0.3, 0.4) is 0 Å². The van der Waals surface area contributed by atoms with Crippen LogP contribution < -0.4 is 5.32 Å². The third-order valence-corrected chi connectivity index (χ3v) is 2.46. The smallest absolute Gasteiger partial charge is 0.227 e. The molecule has 1 aromatic heterocycles. The van der Waals surface area contributed by atoms with Gasteiger partial charge in [0.25, 0.3) is 0 Å². The molecule has 0 fully saturated rings. The molecule has 0 atom stereocenters. The second-order valence-electron chi connectivity index (χ2n) is 3.82. The summed E-state index contributed by atoms with van der Waals surface area (Å²) < 4.78 is 4.84. The van der Waals surface area contributed by atoms with Crippen molar-refractivity contribution >= 4 is 11.7 Å². The fourth-order valence-electron chi connectivity index (χ4n) is 1.55. The number of methoxy groups -OCH3 is 1. The molecular weight excluding hydrogens is 230 g/mol. The van der Waals surface area contributed by atoms with Gasteiger partial charge < -0.3 is 10.1 Å². The summed E-state index contributed by atoms with van der Waals surface area (Å²) in [6.45, 7) is 0.405. The Morgan fingerprint density at radius 1 is 1.39 bits per heavy atom. The largest absolute Gasteiger partial charge is 0.384 e. The summed E-state index contributed by atoms with van der Waals surface area (Å²) in [5.41, 5.74) is 1.90. The van der Waals surface area contributed by atoms with E-state index in [1.165, 1.54) is 0 Å². The van der Waals surface area contributed by atoms with Crippen molar-refractivity contribution in [1.29, 1.82) is 0 Å². The molecule has 0 radical (unpaired) electrons. The minimum absolute atomic E-state index is 0.108. The number of carbonyl (C=O) groups is 1. The number of carbonyl (C=O) groups excluding carboxylic acids is 1. The lowest BCUT2D eigenvalue weighted by Crippen LogP contribution is -2.13. The van der Waals surface area contributed by atoms with Crippen LogP contribution in [0.4, 0.5) is 5.82 Å². The molecule has 2 N–H and O–H groups in total. The summed E-state index contributed by atoms with van der Waals surface area (Å²) in [6.07, 6.45) is 0.323. The molecule has 0 aliphatic rings. The van der Waals surface area contributed by atoms with Gasteiger partial charge in [-0.1, -0.05) is 30.3 Å². The number of H-pyrrole nitrogens is 1. The molecular formula is C13H15N3O2. The number of nitrogens with zero attached hydrogens (tertiary/aromatic N) is 1. The summed E-state index contributed by atoms with van der Waals surface area (Å²) in [5, 5.41) is 9.64. The van der Waals surface area contributed by atoms with Crippen LogP contribution in [0.25, 0.3) is 11.3 Å². The zero-order valence-electron chi connectivity index (χ0n) is 10.1. The predicted octanol–water partition coefficient (Wildman–Crippen LogP) is 2.05. The van der Waals surface area contributed by atoms with Gasteiger partial charge in [0.1, 0.15) is 0 Å². The minimum Gasteiger partial charge on any atom is -0.384 e. The SMILES string of the molecule is COCCC(=O)Nc1cc(-c2ccccc2)[nH]n1. The van der Waals surface area contributed by atoms with Crippen molar-refractivity contribution in [2.24, 2.45) is 0 Å². The number of aromatic nitrogens is 2. The number of hydrogen-bond donors (Lipinski definition) is 2. The highest BCUT2D eigenvalue weighted by molar-refractivity contribution is 5.90. The van der Waals surface area contributed by atoms with Crippen molar-refractivity contribution in [3.05, 3.63) is 36.4 Å². The van der Waals surface area contributed by atoms with Gasteiger partial charge in [-0.15, -0.1) is 0 Å². The summed E-state index contributed by atoms with van der Waals surface area (Å²) in [5.74, 6) is 0.415. The Hall–Kier alpha value is -2.14. The molecule has 0 unspecified atom stereocenters. The third-order valence-electron chi connectivity index (χ3n) is 2.46. The first-order valence-electron chi connectivity index (χ1n) is 5.69. The molecule has 2 aromatic rings. The number of rotatable bonds is 5. The zero-order valence-corrected chi connectivity index (χ0v) is 10.1. The van der Waals surface area contributed by atoms with Gasteiger partial charge in [0.2, 0.25) is 5.91 Å². The molecule has 0 saturated heterocycles. The molecule has 1 heterocycles. The first-order valence-corrected chi connectivity index (χ1v) is 5.69. The Balaban J connectivity index is 2.00. The summed E-state index contributed by atoms with van der Waals surface area (Å²) in [6, 6.07) is 11.6. The van der Waals surface area contributed by atoms with Gasteiger partial charge in [-0.05, 0) is 5.56 Å². The zero-order chi connectivity index (χ0) is 12.8. The van der Waals surface area contributed by atoms with E-state index in [1.807, 2.05) is 30.3 Å². The molecule has 2 rings (SSSR count). The van der Waals surface area contributed by atoms with Gasteiger partial charge in [-0.3, -0.25) is 9.89 Å². The molecule has 5 heteroatoms. The van der Waals surface area contributed by atoms with Crippen LogP contribution in [0, 0.1) is 0 Å². The van der Waals surface area contributed by atoms with Gasteiger partial charge in [-0.2, -0.15) is 5.10 Å². The Morgan fingerprint density at radius 2 is 2.17 bits per heavy atom. The van der Waals surface area contributed by atoms with Crippen LogP contribution in [0.2, 0.25) is 0 Å². The maximum absolute atomic E-state index is 11.5. The first kappa shape index (κ1) is 12.3. The maximum Gasteiger partial charge on any atom is 0.227 e. The van der Waals surface area contributed by atoms with Crippen molar-refractivity contribution in [2.45, 2.75) is 6.42 Å². The fraction of sp³-hybridized carbons (Fsp3) is 0.231. The lowest BCUT2D eigenvalue weighted by molar-refractivity contribution is -0.117. The van der Waals surface area contributed by atoms with Gasteiger partial charge in [0.05, 0.1) is 18.7 Å². The van der Waals surface area contributed by atoms with Crippen LogP contribution in [-0.2, 0) is 9.53 Å². The number of aromatic amines is 1. The van der Waals surface area contributed by atoms with Crippen LogP contribution in [0.5, 0.6) is 0 Å². The number of anilines is 1. The standard InChI is InChI=1S/C13H15N3O2/c1-18-8-7-13(17)14-12-9-11(15-16-12)10-5-3-2-4-6-10/h2-6,9H,7-8H2,1H3,(H2,14,15,16,17). The van der Waals surface area contributed by atoms with Crippen molar-refractivity contribution in [2.75, 3.05) is 19.0 Å². The normalized spacial score (nSPS) is 10.3. The van der Waals surface area contributed by atoms with E-state index in [1.54, 1.807) is 13.2 Å². The molecule has 1 aromatic carbocycles. The molecule has 0 bridgehead atoms. The fourth-order valence-corrected chi connectivity index (χ4v) is 1.55. The van der Waals surface area contributed by atoms with E-state index in [0.29, 0.717) is 18.8 Å². The third kappa shape index (κ3) is 3.18.